The van der Waals surface area contributed by atoms with Gasteiger partial charge in [-0.05, 0) is 17.7 Å². The van der Waals surface area contributed by atoms with Crippen molar-refractivity contribution in [1.29, 1.82) is 0 Å². The van der Waals surface area contributed by atoms with Crippen LogP contribution in [-0.2, 0) is 27.2 Å². The summed E-state index contributed by atoms with van der Waals surface area (Å²) in [5.41, 5.74) is 1.28. The lowest BCUT2D eigenvalue weighted by molar-refractivity contribution is 0.144. The minimum Gasteiger partial charge on any atom is -0.486 e. The fourth-order valence-corrected chi connectivity index (χ4v) is 3.50. The van der Waals surface area contributed by atoms with Crippen LogP contribution in [0.25, 0.3) is 0 Å². The van der Waals surface area contributed by atoms with Crippen LogP contribution in [0.3, 0.4) is 0 Å². The van der Waals surface area contributed by atoms with E-state index >= 15 is 0 Å². The molecule has 3 aromatic rings. The van der Waals surface area contributed by atoms with Gasteiger partial charge in [-0.15, -0.1) is 0 Å². The molecule has 0 aliphatic carbocycles. The third-order valence-corrected chi connectivity index (χ3v) is 5.11. The summed E-state index contributed by atoms with van der Waals surface area (Å²) in [7, 11) is 4.03. The van der Waals surface area contributed by atoms with Gasteiger partial charge in [0.25, 0.3) is 0 Å². The molecular weight excluding hydrogens is 340 g/mol. The van der Waals surface area contributed by atoms with Crippen molar-refractivity contribution in [3.63, 3.8) is 0 Å². The van der Waals surface area contributed by atoms with Crippen molar-refractivity contribution < 1.29 is 4.74 Å². The first-order chi connectivity index (χ1) is 13.2. The Labute approximate surface area is 159 Å². The highest BCUT2D eigenvalue weighted by Crippen LogP contribution is 2.23. The van der Waals surface area contributed by atoms with Crippen LogP contribution in [0.5, 0.6) is 5.75 Å². The van der Waals surface area contributed by atoms with Crippen LogP contribution in [-0.4, -0.2) is 43.6 Å². The van der Waals surface area contributed by atoms with Gasteiger partial charge in [0.2, 0.25) is 0 Å². The van der Waals surface area contributed by atoms with Crippen molar-refractivity contribution in [3.8, 4) is 5.75 Å². The average Bonchev–Trinajstić information content (AvgIpc) is 3.30. The third-order valence-electron chi connectivity index (χ3n) is 5.11. The first-order valence-electron chi connectivity index (χ1n) is 9.30. The molecule has 7 heteroatoms. The topological polar surface area (TPSA) is 60.1 Å². The molecule has 1 aliphatic rings. The van der Waals surface area contributed by atoms with E-state index in [0.29, 0.717) is 6.61 Å². The fraction of sp³-hybridized carbons (Fsp3) is 0.400. The molecule has 0 amide bonds. The van der Waals surface area contributed by atoms with Crippen LogP contribution < -0.4 is 10.1 Å². The maximum Gasteiger partial charge on any atom is 0.146 e. The Hall–Kier alpha value is -2.64. The van der Waals surface area contributed by atoms with Crippen LogP contribution in [0.4, 0.5) is 0 Å². The number of imidazole rings is 2. The highest BCUT2D eigenvalue weighted by Gasteiger charge is 2.26. The van der Waals surface area contributed by atoms with Gasteiger partial charge in [0.15, 0.2) is 0 Å². The molecule has 1 aromatic carbocycles. The molecule has 1 N–H and O–H groups in total. The van der Waals surface area contributed by atoms with E-state index in [1.54, 1.807) is 6.20 Å². The van der Waals surface area contributed by atoms with Crippen LogP contribution in [0, 0.1) is 0 Å². The lowest BCUT2D eigenvalue weighted by atomic mass is 10.1. The molecule has 0 saturated carbocycles. The van der Waals surface area contributed by atoms with Crippen molar-refractivity contribution in [3.05, 3.63) is 66.3 Å². The molecule has 1 unspecified atom stereocenters. The quantitative estimate of drug-likeness (QED) is 0.722. The standard InChI is InChI=1S/C20H26N6O/c1-24-10-8-22-19(24)15-27-17-5-3-16(4-6-17)14-26-12-7-21-13-18(26)20-23-9-11-25(20)2/h3-6,8-11,18,21H,7,12-15H2,1-2H3. The number of aromatic nitrogens is 4. The Morgan fingerprint density at radius 1 is 1.07 bits per heavy atom. The summed E-state index contributed by atoms with van der Waals surface area (Å²) in [5, 5.41) is 3.49. The highest BCUT2D eigenvalue weighted by atomic mass is 16.5. The summed E-state index contributed by atoms with van der Waals surface area (Å²) in [6, 6.07) is 8.65. The molecule has 1 saturated heterocycles. The summed E-state index contributed by atoms with van der Waals surface area (Å²) < 4.78 is 9.93. The van der Waals surface area contributed by atoms with Gasteiger partial charge in [-0.3, -0.25) is 4.90 Å². The number of aryl methyl sites for hydroxylation is 2. The SMILES string of the molecule is Cn1ccnc1COc1ccc(CN2CCNCC2c2nccn2C)cc1. The number of nitrogens with one attached hydrogen (secondary N) is 1. The molecule has 7 nitrogen and oxygen atoms in total. The normalized spacial score (nSPS) is 17.9. The van der Waals surface area contributed by atoms with E-state index in [0.717, 1.165) is 43.6 Å². The van der Waals surface area contributed by atoms with Gasteiger partial charge in [-0.2, -0.15) is 0 Å². The van der Waals surface area contributed by atoms with E-state index in [9.17, 15) is 0 Å². The highest BCUT2D eigenvalue weighted by molar-refractivity contribution is 5.27. The summed E-state index contributed by atoms with van der Waals surface area (Å²) in [6.07, 6.45) is 7.59. The molecule has 1 aliphatic heterocycles. The first kappa shape index (κ1) is 17.8. The summed E-state index contributed by atoms with van der Waals surface area (Å²) in [6.45, 7) is 4.32. The Bertz CT molecular complexity index is 869. The molecule has 1 fully saturated rings. The predicted molar refractivity (Wildman–Crippen MR) is 103 cm³/mol. The van der Waals surface area contributed by atoms with Gasteiger partial charge in [0.05, 0.1) is 6.04 Å². The van der Waals surface area contributed by atoms with Crippen molar-refractivity contribution in [1.82, 2.24) is 29.3 Å². The lowest BCUT2D eigenvalue weighted by Crippen LogP contribution is -2.46. The van der Waals surface area contributed by atoms with Gasteiger partial charge in [0.1, 0.15) is 24.0 Å². The molecular formula is C20H26N6O. The van der Waals surface area contributed by atoms with E-state index in [-0.39, 0.29) is 6.04 Å². The van der Waals surface area contributed by atoms with Crippen LogP contribution in [0.1, 0.15) is 23.3 Å². The van der Waals surface area contributed by atoms with Crippen molar-refractivity contribution in [2.24, 2.45) is 14.1 Å². The first-order valence-corrected chi connectivity index (χ1v) is 9.30. The van der Waals surface area contributed by atoms with E-state index in [4.69, 9.17) is 4.74 Å². The average molecular weight is 366 g/mol. The zero-order chi connectivity index (χ0) is 18.6. The second-order valence-corrected chi connectivity index (χ2v) is 6.97. The minimum absolute atomic E-state index is 0.290. The number of hydrogen-bond acceptors (Lipinski definition) is 5. The van der Waals surface area contributed by atoms with Gasteiger partial charge in [-0.25, -0.2) is 9.97 Å². The van der Waals surface area contributed by atoms with E-state index in [1.165, 1.54) is 5.56 Å². The zero-order valence-electron chi connectivity index (χ0n) is 15.9. The Balaban J connectivity index is 1.39. The number of nitrogens with zero attached hydrogens (tertiary/aromatic N) is 5. The third kappa shape index (κ3) is 4.04. The monoisotopic (exact) mass is 366 g/mol. The molecule has 0 radical (unpaired) electrons. The Morgan fingerprint density at radius 3 is 2.56 bits per heavy atom. The zero-order valence-corrected chi connectivity index (χ0v) is 15.9. The maximum atomic E-state index is 5.85. The molecule has 2 aromatic heterocycles. The van der Waals surface area contributed by atoms with E-state index in [2.05, 4.69) is 43.9 Å². The molecule has 0 spiro atoms. The minimum atomic E-state index is 0.290. The molecule has 27 heavy (non-hydrogen) atoms. The van der Waals surface area contributed by atoms with Gasteiger partial charge >= 0.3 is 0 Å². The van der Waals surface area contributed by atoms with Gasteiger partial charge < -0.3 is 19.2 Å². The number of piperazine rings is 1. The van der Waals surface area contributed by atoms with Crippen LogP contribution >= 0.6 is 0 Å². The predicted octanol–water partition coefficient (Wildman–Crippen LogP) is 1.88. The molecule has 1 atom stereocenters. The lowest BCUT2D eigenvalue weighted by Gasteiger charge is -2.35. The van der Waals surface area contributed by atoms with Crippen molar-refractivity contribution >= 4 is 0 Å². The smallest absolute Gasteiger partial charge is 0.146 e. The molecule has 0 bridgehead atoms. The summed E-state index contributed by atoms with van der Waals surface area (Å²) >= 11 is 0. The number of benzene rings is 1. The van der Waals surface area contributed by atoms with Gasteiger partial charge in [-0.1, -0.05) is 12.1 Å². The molecule has 4 rings (SSSR count). The largest absolute Gasteiger partial charge is 0.486 e. The van der Waals surface area contributed by atoms with E-state index in [1.807, 2.05) is 42.3 Å². The van der Waals surface area contributed by atoms with E-state index < -0.39 is 0 Å². The van der Waals surface area contributed by atoms with Crippen LogP contribution in [0.2, 0.25) is 0 Å². The fourth-order valence-electron chi connectivity index (χ4n) is 3.50. The maximum absolute atomic E-state index is 5.85. The Kier molecular flexibility index (Phi) is 5.22. The van der Waals surface area contributed by atoms with Gasteiger partial charge in [0, 0.05) is 65.1 Å². The summed E-state index contributed by atoms with van der Waals surface area (Å²) in [4.78, 5) is 11.3. The van der Waals surface area contributed by atoms with Crippen molar-refractivity contribution in [2.45, 2.75) is 19.2 Å². The van der Waals surface area contributed by atoms with Crippen LogP contribution in [0.15, 0.2) is 49.1 Å². The number of rotatable bonds is 6. The Morgan fingerprint density at radius 2 is 1.85 bits per heavy atom. The van der Waals surface area contributed by atoms with Crippen molar-refractivity contribution in [2.75, 3.05) is 19.6 Å². The molecule has 142 valence electrons. The second kappa shape index (κ2) is 7.94. The molecule has 3 heterocycles. The summed E-state index contributed by atoms with van der Waals surface area (Å²) in [5.74, 6) is 2.89. The number of hydrogen-bond donors (Lipinski definition) is 1. The number of ether oxygens (including phenoxy) is 1. The second-order valence-electron chi connectivity index (χ2n) is 6.97.